The van der Waals surface area contributed by atoms with Crippen LogP contribution in [0, 0.1) is 0 Å². The molecule has 2 rings (SSSR count). The number of hydrogen-bond acceptors (Lipinski definition) is 5. The summed E-state index contributed by atoms with van der Waals surface area (Å²) < 4.78 is 24.9. The second-order valence-corrected chi connectivity index (χ2v) is 5.64. The quantitative estimate of drug-likeness (QED) is 0.850. The van der Waals surface area contributed by atoms with Crippen LogP contribution in [-0.4, -0.2) is 35.2 Å². The highest BCUT2D eigenvalue weighted by Gasteiger charge is 2.15. The minimum absolute atomic E-state index is 0.117. The Hall–Kier alpha value is -2.48. The van der Waals surface area contributed by atoms with E-state index in [1.54, 1.807) is 0 Å². The van der Waals surface area contributed by atoms with Gasteiger partial charge in [0, 0.05) is 5.56 Å². The molecule has 0 saturated heterocycles. The van der Waals surface area contributed by atoms with Crippen molar-refractivity contribution in [1.82, 2.24) is 9.97 Å². The van der Waals surface area contributed by atoms with E-state index in [0.717, 1.165) is 5.56 Å². The summed E-state index contributed by atoms with van der Waals surface area (Å²) in [5.74, 6) is -1.99. The highest BCUT2D eigenvalue weighted by molar-refractivity contribution is 7.93. The summed E-state index contributed by atoms with van der Waals surface area (Å²) in [7, 11) is -3.94. The smallest absolute Gasteiger partial charge is 0.320 e. The highest BCUT2D eigenvalue weighted by atomic mass is 32.2. The van der Waals surface area contributed by atoms with E-state index in [0.29, 0.717) is 5.82 Å². The second kappa shape index (κ2) is 5.66. The van der Waals surface area contributed by atoms with Crippen molar-refractivity contribution in [3.05, 3.63) is 42.7 Å². The van der Waals surface area contributed by atoms with Crippen LogP contribution in [-0.2, 0) is 14.8 Å². The van der Waals surface area contributed by atoms with Crippen molar-refractivity contribution in [2.75, 3.05) is 10.5 Å². The molecule has 0 atom stereocenters. The van der Waals surface area contributed by atoms with Crippen LogP contribution >= 0.6 is 0 Å². The first-order chi connectivity index (χ1) is 9.46. The number of nitrogens with one attached hydrogen (secondary N) is 1. The van der Waals surface area contributed by atoms with Crippen LogP contribution in [0.15, 0.2) is 42.7 Å². The summed E-state index contributed by atoms with van der Waals surface area (Å²) in [5.41, 5.74) is 0.915. The standard InChI is InChI=1S/C12H11N3O4S/c16-11(17)8-20(18,19)15-10-6-13-12(14-7-10)9-4-2-1-3-5-9/h1-7,15H,8H2,(H,16,17). The average molecular weight is 293 g/mol. The van der Waals surface area contributed by atoms with Crippen molar-refractivity contribution in [3.8, 4) is 11.4 Å². The van der Waals surface area contributed by atoms with Crippen molar-refractivity contribution >= 4 is 21.7 Å². The third-order valence-corrected chi connectivity index (χ3v) is 3.44. The number of carboxylic acid groups (broad SMARTS) is 1. The first-order valence-electron chi connectivity index (χ1n) is 5.56. The maximum absolute atomic E-state index is 11.4. The number of rotatable bonds is 5. The third kappa shape index (κ3) is 3.75. The number of anilines is 1. The van der Waals surface area contributed by atoms with Crippen LogP contribution in [0.25, 0.3) is 11.4 Å². The molecule has 0 unspecified atom stereocenters. The fourth-order valence-corrected chi connectivity index (χ4v) is 2.36. The molecule has 1 aromatic carbocycles. The van der Waals surface area contributed by atoms with E-state index >= 15 is 0 Å². The lowest BCUT2D eigenvalue weighted by Crippen LogP contribution is -2.22. The Balaban J connectivity index is 2.15. The van der Waals surface area contributed by atoms with Gasteiger partial charge in [-0.05, 0) is 0 Å². The lowest BCUT2D eigenvalue weighted by atomic mass is 10.2. The van der Waals surface area contributed by atoms with E-state index < -0.39 is 21.7 Å². The Morgan fingerprint density at radius 1 is 1.15 bits per heavy atom. The lowest BCUT2D eigenvalue weighted by Gasteiger charge is -2.06. The zero-order valence-corrected chi connectivity index (χ0v) is 11.0. The zero-order chi connectivity index (χ0) is 14.6. The Labute approximate surface area is 115 Å². The summed E-state index contributed by atoms with van der Waals surface area (Å²) in [6, 6.07) is 9.18. The van der Waals surface area contributed by atoms with Crippen molar-refractivity contribution in [3.63, 3.8) is 0 Å². The molecule has 1 aromatic heterocycles. The van der Waals surface area contributed by atoms with Crippen LogP contribution < -0.4 is 4.72 Å². The normalized spacial score (nSPS) is 11.0. The lowest BCUT2D eigenvalue weighted by molar-refractivity contribution is -0.134. The first kappa shape index (κ1) is 13.9. The van der Waals surface area contributed by atoms with Crippen molar-refractivity contribution in [2.24, 2.45) is 0 Å². The topological polar surface area (TPSA) is 109 Å². The Bertz CT molecular complexity index is 699. The molecule has 7 nitrogen and oxygen atoms in total. The van der Waals surface area contributed by atoms with Gasteiger partial charge in [-0.25, -0.2) is 18.4 Å². The SMILES string of the molecule is O=C(O)CS(=O)(=O)Nc1cnc(-c2ccccc2)nc1. The molecule has 8 heteroatoms. The number of carbonyl (C=O) groups is 1. The summed E-state index contributed by atoms with van der Waals surface area (Å²) >= 11 is 0. The van der Waals surface area contributed by atoms with E-state index in [1.165, 1.54) is 12.4 Å². The predicted octanol–water partition coefficient (Wildman–Crippen LogP) is 0.970. The van der Waals surface area contributed by atoms with Crippen LogP contribution in [0.1, 0.15) is 0 Å². The van der Waals surface area contributed by atoms with Gasteiger partial charge < -0.3 is 5.11 Å². The molecule has 0 spiro atoms. The van der Waals surface area contributed by atoms with Crippen LogP contribution in [0.2, 0.25) is 0 Å². The predicted molar refractivity (Wildman–Crippen MR) is 72.5 cm³/mol. The third-order valence-electron chi connectivity index (χ3n) is 2.27. The van der Waals surface area contributed by atoms with Crippen LogP contribution in [0.3, 0.4) is 0 Å². The number of sulfonamides is 1. The van der Waals surface area contributed by atoms with E-state index in [9.17, 15) is 13.2 Å². The van der Waals surface area contributed by atoms with Crippen molar-refractivity contribution in [2.45, 2.75) is 0 Å². The number of carboxylic acids is 1. The van der Waals surface area contributed by atoms with Gasteiger partial charge in [0.05, 0.1) is 18.1 Å². The highest BCUT2D eigenvalue weighted by Crippen LogP contribution is 2.15. The number of aromatic nitrogens is 2. The first-order valence-corrected chi connectivity index (χ1v) is 7.21. The number of aliphatic carboxylic acids is 1. The van der Waals surface area contributed by atoms with Crippen LogP contribution in [0.5, 0.6) is 0 Å². The zero-order valence-electron chi connectivity index (χ0n) is 10.2. The summed E-state index contributed by atoms with van der Waals surface area (Å²) in [4.78, 5) is 18.4. The van der Waals surface area contributed by atoms with Gasteiger partial charge in [0.25, 0.3) is 0 Å². The number of benzene rings is 1. The molecule has 0 amide bonds. The Kier molecular flexibility index (Phi) is 3.94. The fourth-order valence-electron chi connectivity index (χ4n) is 1.50. The molecule has 0 saturated carbocycles. The monoisotopic (exact) mass is 293 g/mol. The molecular weight excluding hydrogens is 282 g/mol. The molecule has 0 aliphatic heterocycles. The molecule has 0 aliphatic rings. The molecule has 0 radical (unpaired) electrons. The molecule has 2 aromatic rings. The summed E-state index contributed by atoms with van der Waals surface area (Å²) in [6.45, 7) is 0. The molecule has 20 heavy (non-hydrogen) atoms. The summed E-state index contributed by atoms with van der Waals surface area (Å²) in [5, 5.41) is 8.47. The molecule has 1 heterocycles. The van der Waals surface area contributed by atoms with Gasteiger partial charge in [-0.1, -0.05) is 30.3 Å². The molecule has 104 valence electrons. The Morgan fingerprint density at radius 2 is 1.75 bits per heavy atom. The maximum Gasteiger partial charge on any atom is 0.320 e. The van der Waals surface area contributed by atoms with Gasteiger partial charge in [-0.3, -0.25) is 9.52 Å². The fraction of sp³-hybridized carbons (Fsp3) is 0.0833. The van der Waals surface area contributed by atoms with Gasteiger partial charge in [-0.2, -0.15) is 0 Å². The average Bonchev–Trinajstić information content (AvgIpc) is 2.38. The van der Waals surface area contributed by atoms with E-state index in [4.69, 9.17) is 5.11 Å². The maximum atomic E-state index is 11.4. The molecule has 0 fully saturated rings. The minimum Gasteiger partial charge on any atom is -0.480 e. The van der Waals surface area contributed by atoms with Gasteiger partial charge in [-0.15, -0.1) is 0 Å². The van der Waals surface area contributed by atoms with Gasteiger partial charge in [0.1, 0.15) is 0 Å². The number of hydrogen-bond donors (Lipinski definition) is 2. The van der Waals surface area contributed by atoms with Gasteiger partial charge in [0.2, 0.25) is 10.0 Å². The van der Waals surface area contributed by atoms with E-state index in [2.05, 4.69) is 14.7 Å². The Morgan fingerprint density at radius 3 is 2.30 bits per heavy atom. The van der Waals surface area contributed by atoms with Crippen molar-refractivity contribution < 1.29 is 18.3 Å². The molecular formula is C12H11N3O4S. The molecule has 0 bridgehead atoms. The van der Waals surface area contributed by atoms with E-state index in [-0.39, 0.29) is 5.69 Å². The van der Waals surface area contributed by atoms with Crippen LogP contribution in [0.4, 0.5) is 5.69 Å². The molecule has 0 aliphatic carbocycles. The largest absolute Gasteiger partial charge is 0.480 e. The second-order valence-electron chi connectivity index (χ2n) is 3.92. The molecule has 2 N–H and O–H groups in total. The van der Waals surface area contributed by atoms with E-state index in [1.807, 2.05) is 30.3 Å². The van der Waals surface area contributed by atoms with Crippen molar-refractivity contribution in [1.29, 1.82) is 0 Å². The van der Waals surface area contributed by atoms with Gasteiger partial charge >= 0.3 is 5.97 Å². The van der Waals surface area contributed by atoms with Gasteiger partial charge in [0.15, 0.2) is 11.6 Å². The number of nitrogens with zero attached hydrogens (tertiary/aromatic N) is 2. The summed E-state index contributed by atoms with van der Waals surface area (Å²) in [6.07, 6.45) is 2.57. The minimum atomic E-state index is -3.94.